The first-order valence-electron chi connectivity index (χ1n) is 8.46. The van der Waals surface area contributed by atoms with Crippen LogP contribution < -0.4 is 10.1 Å². The molecule has 1 N–H and O–H groups in total. The summed E-state index contributed by atoms with van der Waals surface area (Å²) in [4.78, 5) is 17.2. The van der Waals surface area contributed by atoms with Crippen LogP contribution in [0.3, 0.4) is 0 Å². The monoisotopic (exact) mass is 378 g/mol. The van der Waals surface area contributed by atoms with Crippen molar-refractivity contribution in [3.8, 4) is 5.88 Å². The fourth-order valence-electron chi connectivity index (χ4n) is 5.42. The number of hydrogen-bond donors (Lipinski definition) is 1. The van der Waals surface area contributed by atoms with Crippen LogP contribution in [0.5, 0.6) is 5.88 Å². The topological polar surface area (TPSA) is 51.2 Å². The molecule has 5 heteroatoms. The van der Waals surface area contributed by atoms with Gasteiger partial charge in [-0.05, 0) is 55.9 Å². The maximum absolute atomic E-state index is 13.0. The Morgan fingerprint density at radius 1 is 1.35 bits per heavy atom. The van der Waals surface area contributed by atoms with Crippen LogP contribution in [0.4, 0.5) is 0 Å². The number of alkyl halides is 1. The molecule has 1 aromatic heterocycles. The minimum atomic E-state index is -0.145. The number of aromatic nitrogens is 1. The predicted molar refractivity (Wildman–Crippen MR) is 91.4 cm³/mol. The van der Waals surface area contributed by atoms with Gasteiger partial charge < -0.3 is 10.1 Å². The van der Waals surface area contributed by atoms with Crippen molar-refractivity contribution in [3.63, 3.8) is 0 Å². The summed E-state index contributed by atoms with van der Waals surface area (Å²) in [5.41, 5.74) is 0.866. The largest absolute Gasteiger partial charge is 0.481 e. The second kappa shape index (κ2) is 5.47. The number of carbonyl (C=O) groups is 1. The SMILES string of the molecule is COc1ccc(CNC(=O)C23CC4CC(CC(Br)(C4)C2)C3)cn1. The van der Waals surface area contributed by atoms with Crippen molar-refractivity contribution in [3.05, 3.63) is 23.9 Å². The highest BCUT2D eigenvalue weighted by Crippen LogP contribution is 2.64. The summed E-state index contributed by atoms with van der Waals surface area (Å²) >= 11 is 3.97. The van der Waals surface area contributed by atoms with Gasteiger partial charge in [0.15, 0.2) is 0 Å². The van der Waals surface area contributed by atoms with Gasteiger partial charge in [0.25, 0.3) is 0 Å². The van der Waals surface area contributed by atoms with Gasteiger partial charge in [-0.15, -0.1) is 0 Å². The zero-order valence-corrected chi connectivity index (χ0v) is 15.1. The van der Waals surface area contributed by atoms with Gasteiger partial charge in [0.2, 0.25) is 11.8 Å². The number of ether oxygens (including phenoxy) is 1. The molecule has 4 fully saturated rings. The summed E-state index contributed by atoms with van der Waals surface area (Å²) in [5, 5.41) is 3.17. The maximum atomic E-state index is 13.0. The summed E-state index contributed by atoms with van der Waals surface area (Å²) in [7, 11) is 1.60. The first-order valence-corrected chi connectivity index (χ1v) is 9.26. The number of carbonyl (C=O) groups excluding carboxylic acids is 1. The lowest BCUT2D eigenvalue weighted by Gasteiger charge is -2.59. The molecule has 1 aromatic rings. The fraction of sp³-hybridized carbons (Fsp3) is 0.667. The smallest absolute Gasteiger partial charge is 0.226 e. The molecule has 2 unspecified atom stereocenters. The molecule has 0 saturated heterocycles. The molecule has 0 aromatic carbocycles. The predicted octanol–water partition coefficient (Wildman–Crippen LogP) is 3.44. The molecule has 0 aliphatic heterocycles. The number of amides is 1. The normalized spacial score (nSPS) is 37.7. The molecule has 4 saturated carbocycles. The highest BCUT2D eigenvalue weighted by Gasteiger charge is 2.59. The third-order valence-electron chi connectivity index (χ3n) is 5.93. The first kappa shape index (κ1) is 15.4. The molecule has 4 aliphatic rings. The van der Waals surface area contributed by atoms with Crippen LogP contribution in [0, 0.1) is 17.3 Å². The molecule has 23 heavy (non-hydrogen) atoms. The molecular formula is C18H23BrN2O2. The van der Waals surface area contributed by atoms with Gasteiger partial charge in [0, 0.05) is 23.1 Å². The molecule has 1 amide bonds. The van der Waals surface area contributed by atoms with E-state index in [1.807, 2.05) is 12.1 Å². The second-order valence-corrected chi connectivity index (χ2v) is 9.47. The molecule has 4 bridgehead atoms. The lowest BCUT2D eigenvalue weighted by atomic mass is 9.49. The number of nitrogens with one attached hydrogen (secondary N) is 1. The Labute approximate surface area is 145 Å². The molecule has 5 rings (SSSR count). The quantitative estimate of drug-likeness (QED) is 0.816. The van der Waals surface area contributed by atoms with Gasteiger partial charge in [0.05, 0.1) is 12.5 Å². The number of pyridine rings is 1. The Morgan fingerprint density at radius 2 is 2.09 bits per heavy atom. The Kier molecular flexibility index (Phi) is 3.67. The van der Waals surface area contributed by atoms with E-state index in [-0.39, 0.29) is 15.6 Å². The molecule has 1 heterocycles. The van der Waals surface area contributed by atoms with Gasteiger partial charge in [0.1, 0.15) is 0 Å². The van der Waals surface area contributed by atoms with Crippen molar-refractivity contribution in [1.82, 2.24) is 10.3 Å². The molecule has 124 valence electrons. The van der Waals surface area contributed by atoms with E-state index in [2.05, 4.69) is 26.2 Å². The van der Waals surface area contributed by atoms with Gasteiger partial charge in [-0.3, -0.25) is 4.79 Å². The van der Waals surface area contributed by atoms with Crippen molar-refractivity contribution in [2.24, 2.45) is 17.3 Å². The van der Waals surface area contributed by atoms with E-state index < -0.39 is 0 Å². The van der Waals surface area contributed by atoms with Gasteiger partial charge in [-0.1, -0.05) is 22.0 Å². The molecule has 2 atom stereocenters. The highest BCUT2D eigenvalue weighted by atomic mass is 79.9. The number of hydrogen-bond acceptors (Lipinski definition) is 3. The van der Waals surface area contributed by atoms with E-state index in [4.69, 9.17) is 4.74 Å². The summed E-state index contributed by atoms with van der Waals surface area (Å²) in [6.45, 7) is 0.544. The zero-order valence-electron chi connectivity index (χ0n) is 13.5. The highest BCUT2D eigenvalue weighted by molar-refractivity contribution is 9.10. The molecular weight excluding hydrogens is 356 g/mol. The standard InChI is InChI=1S/C18H23BrN2O2/c1-23-15-3-2-12(9-20-15)10-21-16(22)17-5-13-4-14(6-17)8-18(19,7-13)11-17/h2-3,9,13-14H,4-8,10-11H2,1H3,(H,21,22). The molecule has 0 radical (unpaired) electrons. The van der Waals surface area contributed by atoms with E-state index in [0.717, 1.165) is 36.7 Å². The Bertz CT molecular complexity index is 602. The number of nitrogens with zero attached hydrogens (tertiary/aromatic N) is 1. The second-order valence-electron chi connectivity index (χ2n) is 7.78. The Morgan fingerprint density at radius 3 is 2.65 bits per heavy atom. The van der Waals surface area contributed by atoms with E-state index >= 15 is 0 Å². The third kappa shape index (κ3) is 2.77. The Hall–Kier alpha value is -1.10. The van der Waals surface area contributed by atoms with Crippen molar-refractivity contribution < 1.29 is 9.53 Å². The third-order valence-corrected chi connectivity index (χ3v) is 6.86. The lowest BCUT2D eigenvalue weighted by Crippen LogP contribution is -2.58. The minimum Gasteiger partial charge on any atom is -0.481 e. The van der Waals surface area contributed by atoms with Crippen LogP contribution in [0.25, 0.3) is 0 Å². The summed E-state index contributed by atoms with van der Waals surface area (Å²) in [6, 6.07) is 3.79. The molecule has 0 spiro atoms. The number of methoxy groups -OCH3 is 1. The maximum Gasteiger partial charge on any atom is 0.226 e. The zero-order chi connectivity index (χ0) is 16.1. The summed E-state index contributed by atoms with van der Waals surface area (Å²) in [6.07, 6.45) is 8.74. The fourth-order valence-corrected chi connectivity index (χ4v) is 6.87. The average molecular weight is 379 g/mol. The number of halogens is 1. The average Bonchev–Trinajstić information content (AvgIpc) is 2.50. The van der Waals surface area contributed by atoms with Crippen LogP contribution in [0.15, 0.2) is 18.3 Å². The van der Waals surface area contributed by atoms with Gasteiger partial charge in [-0.2, -0.15) is 0 Å². The van der Waals surface area contributed by atoms with Crippen LogP contribution in [-0.2, 0) is 11.3 Å². The van der Waals surface area contributed by atoms with Crippen LogP contribution >= 0.6 is 15.9 Å². The molecule has 4 aliphatic carbocycles. The molecule has 4 nitrogen and oxygen atoms in total. The van der Waals surface area contributed by atoms with Crippen molar-refractivity contribution >= 4 is 21.8 Å². The lowest BCUT2D eigenvalue weighted by molar-refractivity contribution is -0.144. The van der Waals surface area contributed by atoms with Crippen molar-refractivity contribution in [1.29, 1.82) is 0 Å². The Balaban J connectivity index is 1.44. The minimum absolute atomic E-state index is 0.145. The summed E-state index contributed by atoms with van der Waals surface area (Å²) < 4.78 is 5.29. The van der Waals surface area contributed by atoms with Crippen LogP contribution in [0.2, 0.25) is 0 Å². The van der Waals surface area contributed by atoms with E-state index in [9.17, 15) is 4.79 Å². The van der Waals surface area contributed by atoms with Crippen molar-refractivity contribution in [2.75, 3.05) is 7.11 Å². The van der Waals surface area contributed by atoms with Crippen molar-refractivity contribution in [2.45, 2.75) is 49.4 Å². The van der Waals surface area contributed by atoms with Crippen LogP contribution in [-0.4, -0.2) is 22.3 Å². The number of rotatable bonds is 4. The first-order chi connectivity index (χ1) is 11.0. The summed E-state index contributed by atoms with van der Waals surface area (Å²) in [5.74, 6) is 2.29. The van der Waals surface area contributed by atoms with Crippen LogP contribution in [0.1, 0.15) is 44.1 Å². The van der Waals surface area contributed by atoms with E-state index in [0.29, 0.717) is 12.4 Å². The van der Waals surface area contributed by atoms with E-state index in [1.165, 1.54) is 19.3 Å². The van der Waals surface area contributed by atoms with Gasteiger partial charge >= 0.3 is 0 Å². The van der Waals surface area contributed by atoms with E-state index in [1.54, 1.807) is 13.3 Å². The van der Waals surface area contributed by atoms with Gasteiger partial charge in [-0.25, -0.2) is 4.98 Å².